The van der Waals surface area contributed by atoms with Crippen LogP contribution in [0, 0.1) is 0 Å². The van der Waals surface area contributed by atoms with Crippen LogP contribution in [0.25, 0.3) is 0 Å². The molecule has 0 aliphatic rings. The van der Waals surface area contributed by atoms with Crippen LogP contribution in [-0.4, -0.2) is 10.2 Å². The number of rotatable bonds is 6. The van der Waals surface area contributed by atoms with Crippen LogP contribution in [0.4, 0.5) is 0 Å². The number of hydrogen-bond donors (Lipinski definition) is 1. The molecule has 0 aliphatic heterocycles. The third kappa shape index (κ3) is 3.87. The number of benzene rings is 3. The molecule has 1 heterocycles. The summed E-state index contributed by atoms with van der Waals surface area (Å²) in [6, 6.07) is 30.5. The van der Waals surface area contributed by atoms with Crippen molar-refractivity contribution in [1.29, 1.82) is 0 Å². The summed E-state index contributed by atoms with van der Waals surface area (Å²) in [7, 11) is 0. The van der Waals surface area contributed by atoms with Gasteiger partial charge in [0.15, 0.2) is 0 Å². The molecule has 0 aliphatic carbocycles. The first-order valence-electron chi connectivity index (χ1n) is 9.40. The molecule has 0 bridgehead atoms. The minimum absolute atomic E-state index is 0.129. The SMILES string of the molecule is C[C@@](N)(Cc1ccccc1)c1nnc(C(c2ccccc2)c2ccccc2)o1. The Morgan fingerprint density at radius 3 is 1.82 bits per heavy atom. The molecule has 3 aromatic carbocycles. The first kappa shape index (κ1) is 18.1. The minimum atomic E-state index is -0.746. The fourth-order valence-electron chi connectivity index (χ4n) is 3.45. The molecule has 2 N–H and O–H groups in total. The Balaban J connectivity index is 1.69. The summed E-state index contributed by atoms with van der Waals surface area (Å²) in [6.07, 6.45) is 0.622. The Kier molecular flexibility index (Phi) is 5.04. The van der Waals surface area contributed by atoms with Gasteiger partial charge in [0.05, 0.1) is 11.5 Å². The molecule has 28 heavy (non-hydrogen) atoms. The van der Waals surface area contributed by atoms with Crippen LogP contribution in [-0.2, 0) is 12.0 Å². The summed E-state index contributed by atoms with van der Waals surface area (Å²) >= 11 is 0. The zero-order valence-electron chi connectivity index (χ0n) is 15.8. The molecule has 0 amide bonds. The third-order valence-corrected chi connectivity index (χ3v) is 4.86. The predicted molar refractivity (Wildman–Crippen MR) is 110 cm³/mol. The summed E-state index contributed by atoms with van der Waals surface area (Å²) in [5, 5.41) is 8.69. The van der Waals surface area contributed by atoms with Gasteiger partial charge in [0.1, 0.15) is 0 Å². The van der Waals surface area contributed by atoms with Crippen LogP contribution in [0.1, 0.15) is 41.3 Å². The fourth-order valence-corrected chi connectivity index (χ4v) is 3.45. The molecule has 0 fully saturated rings. The first-order valence-corrected chi connectivity index (χ1v) is 9.40. The molecule has 4 rings (SSSR count). The Bertz CT molecular complexity index is 972. The zero-order valence-corrected chi connectivity index (χ0v) is 15.8. The van der Waals surface area contributed by atoms with E-state index in [0.29, 0.717) is 18.2 Å². The van der Waals surface area contributed by atoms with Crippen LogP contribution in [0.5, 0.6) is 0 Å². The van der Waals surface area contributed by atoms with E-state index in [2.05, 4.69) is 46.6 Å². The summed E-state index contributed by atoms with van der Waals surface area (Å²) in [5.41, 5.74) is 9.16. The van der Waals surface area contributed by atoms with Crippen molar-refractivity contribution < 1.29 is 4.42 Å². The molecule has 140 valence electrons. The largest absolute Gasteiger partial charge is 0.422 e. The highest BCUT2D eigenvalue weighted by molar-refractivity contribution is 5.37. The van der Waals surface area contributed by atoms with E-state index in [4.69, 9.17) is 10.2 Å². The smallest absolute Gasteiger partial charge is 0.236 e. The molecule has 4 aromatic rings. The van der Waals surface area contributed by atoms with E-state index in [9.17, 15) is 0 Å². The van der Waals surface area contributed by atoms with Gasteiger partial charge in [0, 0.05) is 0 Å². The Morgan fingerprint density at radius 1 is 0.786 bits per heavy atom. The lowest BCUT2D eigenvalue weighted by Gasteiger charge is -2.20. The van der Waals surface area contributed by atoms with E-state index in [0.717, 1.165) is 16.7 Å². The summed E-state index contributed by atoms with van der Waals surface area (Å²) in [6.45, 7) is 1.93. The molecule has 0 spiro atoms. The minimum Gasteiger partial charge on any atom is -0.422 e. The van der Waals surface area contributed by atoms with E-state index in [-0.39, 0.29) is 5.92 Å². The van der Waals surface area contributed by atoms with Crippen molar-refractivity contribution >= 4 is 0 Å². The number of aromatic nitrogens is 2. The molecule has 1 atom stereocenters. The van der Waals surface area contributed by atoms with Gasteiger partial charge in [-0.2, -0.15) is 0 Å². The number of hydrogen-bond acceptors (Lipinski definition) is 4. The molecule has 4 nitrogen and oxygen atoms in total. The van der Waals surface area contributed by atoms with Crippen molar-refractivity contribution in [3.63, 3.8) is 0 Å². The van der Waals surface area contributed by atoms with Gasteiger partial charge in [0.25, 0.3) is 0 Å². The lowest BCUT2D eigenvalue weighted by atomic mass is 9.91. The first-order chi connectivity index (χ1) is 13.6. The highest BCUT2D eigenvalue weighted by Gasteiger charge is 2.31. The monoisotopic (exact) mass is 369 g/mol. The van der Waals surface area contributed by atoms with Crippen molar-refractivity contribution in [3.8, 4) is 0 Å². The van der Waals surface area contributed by atoms with Crippen molar-refractivity contribution in [2.45, 2.75) is 24.8 Å². The Morgan fingerprint density at radius 2 is 1.29 bits per heavy atom. The molecular formula is C24H23N3O. The third-order valence-electron chi connectivity index (χ3n) is 4.86. The van der Waals surface area contributed by atoms with Crippen LogP contribution < -0.4 is 5.73 Å². The van der Waals surface area contributed by atoms with Gasteiger partial charge in [-0.1, -0.05) is 91.0 Å². The van der Waals surface area contributed by atoms with Gasteiger partial charge in [-0.3, -0.25) is 0 Å². The lowest BCUT2D eigenvalue weighted by Crippen LogP contribution is -2.35. The molecule has 1 aromatic heterocycles. The second-order valence-corrected chi connectivity index (χ2v) is 7.28. The lowest BCUT2D eigenvalue weighted by molar-refractivity contribution is 0.335. The van der Waals surface area contributed by atoms with E-state index >= 15 is 0 Å². The molecule has 0 saturated heterocycles. The molecule has 0 saturated carbocycles. The van der Waals surface area contributed by atoms with Crippen molar-refractivity contribution in [3.05, 3.63) is 119 Å². The van der Waals surface area contributed by atoms with Gasteiger partial charge >= 0.3 is 0 Å². The van der Waals surface area contributed by atoms with Crippen LogP contribution >= 0.6 is 0 Å². The van der Waals surface area contributed by atoms with Gasteiger partial charge in [-0.05, 0) is 30.0 Å². The highest BCUT2D eigenvalue weighted by Crippen LogP contribution is 2.32. The van der Waals surface area contributed by atoms with Crippen LogP contribution in [0.15, 0.2) is 95.4 Å². The Hall–Kier alpha value is -3.24. The van der Waals surface area contributed by atoms with Crippen molar-refractivity contribution in [1.82, 2.24) is 10.2 Å². The Labute approximate surface area is 165 Å². The summed E-state index contributed by atoms with van der Waals surface area (Å²) in [5.74, 6) is 0.872. The van der Waals surface area contributed by atoms with E-state index in [1.807, 2.05) is 61.5 Å². The second-order valence-electron chi connectivity index (χ2n) is 7.28. The van der Waals surface area contributed by atoms with E-state index < -0.39 is 5.54 Å². The molecular weight excluding hydrogens is 346 g/mol. The standard InChI is InChI=1S/C24H23N3O/c1-24(25,17-18-11-5-2-6-12-18)23-27-26-22(28-23)21(19-13-7-3-8-14-19)20-15-9-4-10-16-20/h2-16,21H,17,25H2,1H3/t24-/m1/s1. The second kappa shape index (κ2) is 7.79. The molecule has 0 radical (unpaired) electrons. The zero-order chi connectivity index (χ0) is 19.4. The van der Waals surface area contributed by atoms with Crippen LogP contribution in [0.3, 0.4) is 0 Å². The van der Waals surface area contributed by atoms with E-state index in [1.54, 1.807) is 0 Å². The molecule has 4 heteroatoms. The topological polar surface area (TPSA) is 64.9 Å². The summed E-state index contributed by atoms with van der Waals surface area (Å²) < 4.78 is 6.14. The highest BCUT2D eigenvalue weighted by atomic mass is 16.4. The molecule has 0 unspecified atom stereocenters. The van der Waals surface area contributed by atoms with E-state index in [1.165, 1.54) is 0 Å². The average molecular weight is 369 g/mol. The fraction of sp³-hybridized carbons (Fsp3) is 0.167. The van der Waals surface area contributed by atoms with Gasteiger partial charge < -0.3 is 10.2 Å². The van der Waals surface area contributed by atoms with Gasteiger partial charge in [-0.25, -0.2) is 0 Å². The van der Waals surface area contributed by atoms with Crippen LogP contribution in [0.2, 0.25) is 0 Å². The van der Waals surface area contributed by atoms with Gasteiger partial charge in [-0.15, -0.1) is 10.2 Å². The maximum Gasteiger partial charge on any atom is 0.236 e. The number of nitrogens with two attached hydrogens (primary N) is 1. The van der Waals surface area contributed by atoms with Gasteiger partial charge in [0.2, 0.25) is 11.8 Å². The summed E-state index contributed by atoms with van der Waals surface area (Å²) in [4.78, 5) is 0. The normalized spacial score (nSPS) is 13.4. The maximum atomic E-state index is 6.56. The van der Waals surface area contributed by atoms with Crippen molar-refractivity contribution in [2.24, 2.45) is 5.73 Å². The quantitative estimate of drug-likeness (QED) is 0.536. The number of nitrogens with zero attached hydrogens (tertiary/aromatic N) is 2. The average Bonchev–Trinajstić information content (AvgIpc) is 3.21. The predicted octanol–water partition coefficient (Wildman–Crippen LogP) is 4.67. The maximum absolute atomic E-state index is 6.56. The van der Waals surface area contributed by atoms with Crippen molar-refractivity contribution in [2.75, 3.05) is 0 Å².